The molecule has 2 heterocycles. The van der Waals surface area contributed by atoms with Gasteiger partial charge >= 0.3 is 0 Å². The molecule has 0 aromatic carbocycles. The number of nitrogens with one attached hydrogen (secondary N) is 1. The molecule has 0 radical (unpaired) electrons. The molecule has 12 heavy (non-hydrogen) atoms. The number of hydrogen-bond donors (Lipinski definition) is 1. The van der Waals surface area contributed by atoms with E-state index in [-0.39, 0.29) is 0 Å². The molecule has 3 nitrogen and oxygen atoms in total. The van der Waals surface area contributed by atoms with Crippen molar-refractivity contribution in [1.29, 1.82) is 0 Å². The Hall–Kier alpha value is -0.740. The van der Waals surface area contributed by atoms with Crippen LogP contribution in [-0.4, -0.2) is 9.97 Å². The number of H-pyrrole nitrogens is 1. The van der Waals surface area contributed by atoms with Gasteiger partial charge in [-0.2, -0.15) is 0 Å². The van der Waals surface area contributed by atoms with Gasteiger partial charge in [0.25, 0.3) is 0 Å². The number of furan rings is 1. The van der Waals surface area contributed by atoms with E-state index >= 15 is 0 Å². The number of aromatic amines is 1. The number of halogens is 2. The Balaban J connectivity index is 2.43. The molecule has 0 spiro atoms. The van der Waals surface area contributed by atoms with Crippen molar-refractivity contribution in [2.75, 3.05) is 0 Å². The van der Waals surface area contributed by atoms with Crippen LogP contribution in [-0.2, 0) is 0 Å². The van der Waals surface area contributed by atoms with Crippen LogP contribution in [0, 0.1) is 0 Å². The van der Waals surface area contributed by atoms with Crippen LogP contribution in [0.4, 0.5) is 0 Å². The van der Waals surface area contributed by atoms with Crippen LogP contribution in [0.5, 0.6) is 0 Å². The fourth-order valence-corrected chi connectivity index (χ4v) is 1.31. The van der Waals surface area contributed by atoms with Gasteiger partial charge in [0.15, 0.2) is 16.3 Å². The molecule has 2 aromatic heterocycles. The summed E-state index contributed by atoms with van der Waals surface area (Å²) < 4.78 is 5.92. The van der Waals surface area contributed by atoms with Crippen molar-refractivity contribution in [2.24, 2.45) is 0 Å². The van der Waals surface area contributed by atoms with Crippen LogP contribution in [0.2, 0.25) is 5.15 Å². The van der Waals surface area contributed by atoms with E-state index < -0.39 is 0 Å². The van der Waals surface area contributed by atoms with Gasteiger partial charge in [0.2, 0.25) is 0 Å². The van der Waals surface area contributed by atoms with Crippen molar-refractivity contribution >= 4 is 27.5 Å². The Morgan fingerprint density at radius 1 is 1.50 bits per heavy atom. The predicted octanol–water partition coefficient (Wildman–Crippen LogP) is 3.09. The average molecular weight is 247 g/mol. The topological polar surface area (TPSA) is 41.8 Å². The summed E-state index contributed by atoms with van der Waals surface area (Å²) in [5.74, 6) is 1.29. The van der Waals surface area contributed by atoms with E-state index in [9.17, 15) is 0 Å². The van der Waals surface area contributed by atoms with Gasteiger partial charge in [0, 0.05) is 0 Å². The quantitative estimate of drug-likeness (QED) is 0.841. The summed E-state index contributed by atoms with van der Waals surface area (Å²) in [5, 5.41) is 0.498. The van der Waals surface area contributed by atoms with Gasteiger partial charge in [0.05, 0.1) is 6.20 Å². The largest absolute Gasteiger partial charge is 0.446 e. The zero-order valence-electron chi connectivity index (χ0n) is 5.84. The minimum Gasteiger partial charge on any atom is -0.446 e. The molecule has 5 heteroatoms. The maximum atomic E-state index is 5.65. The van der Waals surface area contributed by atoms with Crippen molar-refractivity contribution in [2.45, 2.75) is 0 Å². The molecule has 0 fully saturated rings. The van der Waals surface area contributed by atoms with Crippen LogP contribution in [0.25, 0.3) is 11.6 Å². The highest BCUT2D eigenvalue weighted by atomic mass is 79.9. The Morgan fingerprint density at radius 2 is 2.33 bits per heavy atom. The summed E-state index contributed by atoms with van der Waals surface area (Å²) in [6.45, 7) is 0. The van der Waals surface area contributed by atoms with Gasteiger partial charge in [-0.05, 0) is 28.1 Å². The lowest BCUT2D eigenvalue weighted by molar-refractivity contribution is 0.552. The lowest BCUT2D eigenvalue weighted by Gasteiger charge is -1.86. The number of hydrogen-bond acceptors (Lipinski definition) is 2. The average Bonchev–Trinajstić information content (AvgIpc) is 2.58. The van der Waals surface area contributed by atoms with E-state index in [4.69, 9.17) is 16.0 Å². The van der Waals surface area contributed by atoms with E-state index in [0.29, 0.717) is 21.4 Å². The fraction of sp³-hybridized carbons (Fsp3) is 0. The Labute approximate surface area is 81.9 Å². The molecule has 0 aliphatic heterocycles. The molecule has 0 aliphatic rings. The normalized spacial score (nSPS) is 10.5. The lowest BCUT2D eigenvalue weighted by atomic mass is 10.4. The van der Waals surface area contributed by atoms with E-state index in [1.54, 1.807) is 12.1 Å². The minimum absolute atomic E-state index is 0.498. The molecule has 0 amide bonds. The van der Waals surface area contributed by atoms with E-state index in [0.717, 1.165) is 0 Å². The second-order valence-electron chi connectivity index (χ2n) is 2.18. The molecule has 0 bridgehead atoms. The highest BCUT2D eigenvalue weighted by molar-refractivity contribution is 9.10. The van der Waals surface area contributed by atoms with Crippen molar-refractivity contribution in [3.63, 3.8) is 0 Å². The maximum Gasteiger partial charge on any atom is 0.174 e. The molecule has 1 N–H and O–H groups in total. The highest BCUT2D eigenvalue weighted by Gasteiger charge is 2.05. The van der Waals surface area contributed by atoms with Crippen molar-refractivity contribution in [3.05, 3.63) is 28.2 Å². The summed E-state index contributed by atoms with van der Waals surface area (Å²) in [6, 6.07) is 3.60. The minimum atomic E-state index is 0.498. The molecule has 0 unspecified atom stereocenters. The van der Waals surface area contributed by atoms with Gasteiger partial charge in [-0.1, -0.05) is 11.6 Å². The molecule has 2 rings (SSSR count). The van der Waals surface area contributed by atoms with Gasteiger partial charge in [-0.15, -0.1) is 0 Å². The number of aromatic nitrogens is 2. The third-order valence-electron chi connectivity index (χ3n) is 1.35. The summed E-state index contributed by atoms with van der Waals surface area (Å²) in [5.41, 5.74) is 0. The first kappa shape index (κ1) is 7.89. The van der Waals surface area contributed by atoms with E-state index in [1.165, 1.54) is 6.20 Å². The summed E-state index contributed by atoms with van der Waals surface area (Å²) in [6.07, 6.45) is 1.54. The van der Waals surface area contributed by atoms with Crippen LogP contribution >= 0.6 is 27.5 Å². The van der Waals surface area contributed by atoms with Crippen molar-refractivity contribution in [3.8, 4) is 11.6 Å². The second kappa shape index (κ2) is 2.95. The summed E-state index contributed by atoms with van der Waals surface area (Å²) in [4.78, 5) is 6.84. The molecule has 0 atom stereocenters. The Morgan fingerprint density at radius 3 is 2.83 bits per heavy atom. The van der Waals surface area contributed by atoms with Crippen LogP contribution < -0.4 is 0 Å². The standard InChI is InChI=1S/C7H4BrClN2O/c8-5-2-1-4(12-5)7-10-3-6(9)11-7/h1-3H,(H,10,11). The zero-order valence-corrected chi connectivity index (χ0v) is 8.19. The number of imidazole rings is 1. The Bertz CT molecular complexity index is 357. The number of nitrogens with zero attached hydrogens (tertiary/aromatic N) is 1. The van der Waals surface area contributed by atoms with Crippen LogP contribution in [0.15, 0.2) is 27.4 Å². The van der Waals surface area contributed by atoms with E-state index in [1.807, 2.05) is 0 Å². The van der Waals surface area contributed by atoms with Crippen LogP contribution in [0.3, 0.4) is 0 Å². The first-order chi connectivity index (χ1) is 5.75. The monoisotopic (exact) mass is 246 g/mol. The molecule has 0 saturated heterocycles. The number of rotatable bonds is 1. The van der Waals surface area contributed by atoms with E-state index in [2.05, 4.69) is 25.9 Å². The molecular weight excluding hydrogens is 243 g/mol. The highest BCUT2D eigenvalue weighted by Crippen LogP contribution is 2.23. The maximum absolute atomic E-state index is 5.65. The van der Waals surface area contributed by atoms with Crippen molar-refractivity contribution in [1.82, 2.24) is 9.97 Å². The molecule has 0 aliphatic carbocycles. The molecular formula is C7H4BrClN2O. The summed E-state index contributed by atoms with van der Waals surface area (Å²) >= 11 is 8.84. The van der Waals surface area contributed by atoms with Gasteiger partial charge in [-0.25, -0.2) is 4.98 Å². The first-order valence-electron chi connectivity index (χ1n) is 3.22. The third kappa shape index (κ3) is 1.40. The smallest absolute Gasteiger partial charge is 0.174 e. The first-order valence-corrected chi connectivity index (χ1v) is 4.39. The fourth-order valence-electron chi connectivity index (χ4n) is 0.866. The second-order valence-corrected chi connectivity index (χ2v) is 3.37. The van der Waals surface area contributed by atoms with Crippen molar-refractivity contribution < 1.29 is 4.42 Å². The zero-order chi connectivity index (χ0) is 8.55. The SMILES string of the molecule is Clc1cnc(-c2ccc(Br)o2)[nH]1. The third-order valence-corrected chi connectivity index (χ3v) is 1.97. The lowest BCUT2D eigenvalue weighted by Crippen LogP contribution is -1.74. The van der Waals surface area contributed by atoms with Gasteiger partial charge in [-0.3, -0.25) is 0 Å². The molecule has 0 saturated carbocycles. The predicted molar refractivity (Wildman–Crippen MR) is 49.0 cm³/mol. The Kier molecular flexibility index (Phi) is 1.94. The van der Waals surface area contributed by atoms with Gasteiger partial charge < -0.3 is 9.40 Å². The van der Waals surface area contributed by atoms with Crippen LogP contribution in [0.1, 0.15) is 0 Å². The molecule has 62 valence electrons. The molecule has 2 aromatic rings. The summed E-state index contributed by atoms with van der Waals surface area (Å²) in [7, 11) is 0. The van der Waals surface area contributed by atoms with Gasteiger partial charge in [0.1, 0.15) is 5.15 Å².